The zero-order chi connectivity index (χ0) is 14.9. The summed E-state index contributed by atoms with van der Waals surface area (Å²) in [6, 6.07) is 0. The molecule has 0 unspecified atom stereocenters. The predicted octanol–water partition coefficient (Wildman–Crippen LogP) is 2.71. The minimum absolute atomic E-state index is 0.0597. The fourth-order valence-electron chi connectivity index (χ4n) is 4.32. The second-order valence-corrected chi connectivity index (χ2v) is 6.87. The zero-order valence-corrected chi connectivity index (χ0v) is 13.1. The van der Waals surface area contributed by atoms with Gasteiger partial charge in [-0.2, -0.15) is 0 Å². The van der Waals surface area contributed by atoms with Crippen molar-refractivity contribution < 1.29 is 9.59 Å². The number of rotatable bonds is 2. The van der Waals surface area contributed by atoms with Gasteiger partial charge in [0.05, 0.1) is 0 Å². The molecule has 1 aliphatic heterocycles. The lowest BCUT2D eigenvalue weighted by atomic mass is 9.75. The first-order valence-corrected chi connectivity index (χ1v) is 8.48. The maximum atomic E-state index is 13.1. The lowest BCUT2D eigenvalue weighted by Gasteiger charge is -2.52. The van der Waals surface area contributed by atoms with E-state index in [1.54, 1.807) is 6.08 Å². The summed E-state index contributed by atoms with van der Waals surface area (Å²) in [7, 11) is 0. The number of halogens is 1. The van der Waals surface area contributed by atoms with Gasteiger partial charge in [-0.05, 0) is 25.7 Å². The first-order chi connectivity index (χ1) is 10.1. The molecule has 0 bridgehead atoms. The quantitative estimate of drug-likeness (QED) is 0.852. The Bertz CT molecular complexity index is 463. The zero-order valence-electron chi connectivity index (χ0n) is 12.4. The fraction of sp³-hybridized carbons (Fsp3) is 0.750. The van der Waals surface area contributed by atoms with Gasteiger partial charge in [0.1, 0.15) is 11.1 Å². The van der Waals surface area contributed by atoms with E-state index in [-0.39, 0.29) is 11.8 Å². The molecule has 3 aliphatic rings. The van der Waals surface area contributed by atoms with Crippen LogP contribution in [0.4, 0.5) is 0 Å². The van der Waals surface area contributed by atoms with E-state index in [9.17, 15) is 9.59 Å². The van der Waals surface area contributed by atoms with Crippen LogP contribution in [0.5, 0.6) is 0 Å². The molecule has 116 valence electrons. The molecule has 0 atom stereocenters. The molecule has 0 aromatic heterocycles. The van der Waals surface area contributed by atoms with E-state index in [0.717, 1.165) is 57.8 Å². The van der Waals surface area contributed by atoms with E-state index in [0.29, 0.717) is 6.54 Å². The molecule has 0 radical (unpaired) electrons. The van der Waals surface area contributed by atoms with Crippen molar-refractivity contribution in [3.8, 4) is 0 Å². The Hall–Kier alpha value is -1.03. The summed E-state index contributed by atoms with van der Waals surface area (Å²) in [5, 5.41) is 3.13. The minimum atomic E-state index is -0.649. The number of amides is 2. The number of hydrogen-bond acceptors (Lipinski definition) is 2. The standard InChI is InChI=1S/C16H23ClN2O2/c17-11-6-12-19-14(21)15(7-2-1-3-8-15)18-13(20)16(19)9-4-5-10-16/h6,11H,1-5,7-10,12H2,(H,18,20)/b11-6+. The highest BCUT2D eigenvalue weighted by molar-refractivity contribution is 6.25. The van der Waals surface area contributed by atoms with Crippen molar-refractivity contribution >= 4 is 23.4 Å². The van der Waals surface area contributed by atoms with Gasteiger partial charge in [0, 0.05) is 12.1 Å². The van der Waals surface area contributed by atoms with E-state index in [1.165, 1.54) is 5.54 Å². The second-order valence-electron chi connectivity index (χ2n) is 6.61. The van der Waals surface area contributed by atoms with Gasteiger partial charge in [-0.15, -0.1) is 0 Å². The first-order valence-electron chi connectivity index (χ1n) is 8.05. The van der Waals surface area contributed by atoms with Crippen LogP contribution in [-0.2, 0) is 9.59 Å². The number of piperazine rings is 1. The molecule has 2 amide bonds. The second kappa shape index (κ2) is 5.64. The lowest BCUT2D eigenvalue weighted by molar-refractivity contribution is -0.163. The Morgan fingerprint density at radius 1 is 1.05 bits per heavy atom. The molecule has 2 saturated carbocycles. The topological polar surface area (TPSA) is 49.4 Å². The van der Waals surface area contributed by atoms with Gasteiger partial charge >= 0.3 is 0 Å². The van der Waals surface area contributed by atoms with Crippen LogP contribution < -0.4 is 5.32 Å². The Morgan fingerprint density at radius 3 is 2.29 bits per heavy atom. The molecule has 3 fully saturated rings. The van der Waals surface area contributed by atoms with Crippen molar-refractivity contribution in [2.45, 2.75) is 68.9 Å². The predicted molar refractivity (Wildman–Crippen MR) is 81.9 cm³/mol. The van der Waals surface area contributed by atoms with Crippen molar-refractivity contribution in [2.24, 2.45) is 0 Å². The van der Waals surface area contributed by atoms with Crippen LogP contribution in [-0.4, -0.2) is 34.3 Å². The van der Waals surface area contributed by atoms with E-state index in [2.05, 4.69) is 5.32 Å². The summed E-state index contributed by atoms with van der Waals surface area (Å²) in [5.74, 6) is 0.169. The van der Waals surface area contributed by atoms with E-state index in [1.807, 2.05) is 4.90 Å². The number of carbonyl (C=O) groups is 2. The summed E-state index contributed by atoms with van der Waals surface area (Å²) >= 11 is 5.66. The van der Waals surface area contributed by atoms with Gasteiger partial charge in [-0.3, -0.25) is 9.59 Å². The van der Waals surface area contributed by atoms with Crippen molar-refractivity contribution in [1.82, 2.24) is 10.2 Å². The molecular formula is C16H23ClN2O2. The molecule has 1 heterocycles. The minimum Gasteiger partial charge on any atom is -0.340 e. The molecule has 1 saturated heterocycles. The highest BCUT2D eigenvalue weighted by Gasteiger charge is 2.58. The third-order valence-electron chi connectivity index (χ3n) is 5.46. The van der Waals surface area contributed by atoms with Crippen LogP contribution in [0.15, 0.2) is 11.6 Å². The van der Waals surface area contributed by atoms with Crippen LogP contribution in [0.25, 0.3) is 0 Å². The number of carbonyl (C=O) groups excluding carboxylic acids is 2. The monoisotopic (exact) mass is 310 g/mol. The number of hydrogen-bond donors (Lipinski definition) is 1. The van der Waals surface area contributed by atoms with Gasteiger partial charge in [0.2, 0.25) is 11.8 Å². The van der Waals surface area contributed by atoms with Gasteiger partial charge in [-0.25, -0.2) is 0 Å². The number of nitrogens with one attached hydrogen (secondary N) is 1. The molecule has 1 N–H and O–H groups in total. The van der Waals surface area contributed by atoms with Crippen LogP contribution in [0.1, 0.15) is 57.8 Å². The average molecular weight is 311 g/mol. The summed E-state index contributed by atoms with van der Waals surface area (Å²) < 4.78 is 0. The third kappa shape index (κ3) is 2.28. The van der Waals surface area contributed by atoms with E-state index in [4.69, 9.17) is 11.6 Å². The van der Waals surface area contributed by atoms with Crippen LogP contribution >= 0.6 is 11.6 Å². The van der Waals surface area contributed by atoms with Crippen molar-refractivity contribution in [1.29, 1.82) is 0 Å². The van der Waals surface area contributed by atoms with Gasteiger partial charge in [-0.1, -0.05) is 49.8 Å². The highest BCUT2D eigenvalue weighted by atomic mass is 35.5. The summed E-state index contributed by atoms with van der Waals surface area (Å²) in [6.45, 7) is 0.442. The molecule has 5 heteroatoms. The van der Waals surface area contributed by atoms with E-state index < -0.39 is 11.1 Å². The molecule has 3 rings (SSSR count). The van der Waals surface area contributed by atoms with Crippen molar-refractivity contribution in [3.05, 3.63) is 11.6 Å². The van der Waals surface area contributed by atoms with E-state index >= 15 is 0 Å². The molecule has 4 nitrogen and oxygen atoms in total. The Balaban J connectivity index is 1.95. The first kappa shape index (κ1) is 14.9. The van der Waals surface area contributed by atoms with Crippen LogP contribution in [0, 0.1) is 0 Å². The van der Waals surface area contributed by atoms with Crippen molar-refractivity contribution in [3.63, 3.8) is 0 Å². The average Bonchev–Trinajstić information content (AvgIpc) is 2.98. The number of nitrogens with zero attached hydrogens (tertiary/aromatic N) is 1. The molecular weight excluding hydrogens is 288 g/mol. The fourth-order valence-corrected chi connectivity index (χ4v) is 4.40. The largest absolute Gasteiger partial charge is 0.340 e. The Kier molecular flexibility index (Phi) is 4.00. The van der Waals surface area contributed by atoms with Crippen LogP contribution in [0.2, 0.25) is 0 Å². The van der Waals surface area contributed by atoms with Crippen LogP contribution in [0.3, 0.4) is 0 Å². The smallest absolute Gasteiger partial charge is 0.249 e. The van der Waals surface area contributed by atoms with Crippen molar-refractivity contribution in [2.75, 3.05) is 6.54 Å². The molecule has 2 aliphatic carbocycles. The highest BCUT2D eigenvalue weighted by Crippen LogP contribution is 2.43. The lowest BCUT2D eigenvalue weighted by Crippen LogP contribution is -2.75. The normalized spacial score (nSPS) is 27.8. The maximum absolute atomic E-state index is 13.1. The maximum Gasteiger partial charge on any atom is 0.249 e. The molecule has 2 spiro atoms. The SMILES string of the molecule is O=C1N(C/C=C/Cl)C2(CCCC2)C(=O)NC12CCCCC2. The third-order valence-corrected chi connectivity index (χ3v) is 5.64. The summed E-state index contributed by atoms with van der Waals surface area (Å²) in [6.07, 6.45) is 10.1. The molecule has 0 aromatic carbocycles. The summed E-state index contributed by atoms with van der Waals surface area (Å²) in [4.78, 5) is 27.8. The molecule has 21 heavy (non-hydrogen) atoms. The summed E-state index contributed by atoms with van der Waals surface area (Å²) in [5.41, 5.74) is 0.162. The molecule has 0 aromatic rings. The van der Waals surface area contributed by atoms with Gasteiger partial charge in [0.15, 0.2) is 0 Å². The van der Waals surface area contributed by atoms with Gasteiger partial charge < -0.3 is 10.2 Å². The Labute approximate surface area is 130 Å². The Morgan fingerprint density at radius 2 is 1.67 bits per heavy atom. The van der Waals surface area contributed by atoms with Gasteiger partial charge in [0.25, 0.3) is 0 Å².